The Morgan fingerprint density at radius 1 is 1.42 bits per heavy atom. The molecular weight excluding hydrogens is 396 g/mol. The summed E-state index contributed by atoms with van der Waals surface area (Å²) in [4.78, 5) is 27.4. The van der Waals surface area contributed by atoms with Gasteiger partial charge in [-0.2, -0.15) is 0 Å². The fraction of sp³-hybridized carbons (Fsp3) is 0.300. The van der Waals surface area contributed by atoms with Crippen LogP contribution in [0.4, 0.5) is 0 Å². The van der Waals surface area contributed by atoms with Crippen LogP contribution in [0.2, 0.25) is 0 Å². The average molecular weight is 417 g/mol. The predicted molar refractivity (Wildman–Crippen MR) is 105 cm³/mol. The molecule has 0 aliphatic carbocycles. The maximum atomic E-state index is 12.6. The molecule has 0 radical (unpaired) electrons. The molecule has 1 aliphatic heterocycles. The first-order valence-electron chi connectivity index (χ1n) is 8.35. The van der Waals surface area contributed by atoms with Crippen LogP contribution < -0.4 is 15.6 Å². The van der Waals surface area contributed by atoms with E-state index >= 15 is 0 Å². The molecule has 0 saturated carbocycles. The van der Waals surface area contributed by atoms with Gasteiger partial charge in [0.15, 0.2) is 0 Å². The molecule has 3 rings (SSSR count). The number of nitrogens with one attached hydrogen (secondary N) is 2. The maximum Gasteiger partial charge on any atom is 0.253 e. The number of amides is 1. The van der Waals surface area contributed by atoms with Crippen LogP contribution in [0.25, 0.3) is 0 Å². The van der Waals surface area contributed by atoms with Gasteiger partial charge in [-0.15, -0.1) is 0 Å². The van der Waals surface area contributed by atoms with E-state index < -0.39 is 5.60 Å². The van der Waals surface area contributed by atoms with Crippen LogP contribution in [0, 0.1) is 13.8 Å². The average Bonchev–Trinajstić information content (AvgIpc) is 2.91. The molecule has 1 unspecified atom stereocenters. The summed E-state index contributed by atoms with van der Waals surface area (Å²) < 4.78 is 6.67. The summed E-state index contributed by atoms with van der Waals surface area (Å²) in [6, 6.07) is 5.45. The summed E-state index contributed by atoms with van der Waals surface area (Å²) in [5.74, 6) is 0.509. The minimum Gasteiger partial charge on any atom is -0.482 e. The first-order chi connectivity index (χ1) is 12.2. The number of aryl methyl sites for hydroxylation is 2. The van der Waals surface area contributed by atoms with Gasteiger partial charge in [0.05, 0.1) is 4.47 Å². The second kappa shape index (κ2) is 6.76. The van der Waals surface area contributed by atoms with Gasteiger partial charge in [0.2, 0.25) is 0 Å². The van der Waals surface area contributed by atoms with Gasteiger partial charge in [-0.25, -0.2) is 0 Å². The molecule has 0 bridgehead atoms. The number of ether oxygens (including phenoxy) is 1. The molecule has 1 aliphatic rings. The van der Waals surface area contributed by atoms with E-state index in [9.17, 15) is 9.59 Å². The molecule has 1 aromatic carbocycles. The van der Waals surface area contributed by atoms with Crippen molar-refractivity contribution in [2.75, 3.05) is 0 Å². The Bertz CT molecular complexity index is 964. The van der Waals surface area contributed by atoms with Crippen molar-refractivity contribution >= 4 is 21.8 Å². The quantitative estimate of drug-likeness (QED) is 0.748. The highest BCUT2D eigenvalue weighted by Gasteiger charge is 2.34. The SMILES string of the molecule is C=CC1(C)Cc2cc(C(=O)NCc3c(C)cc(C)[nH]c3=O)cc(Br)c2O1. The number of halogens is 1. The Hall–Kier alpha value is -2.34. The number of carbonyl (C=O) groups excluding carboxylic acids is 1. The van der Waals surface area contributed by atoms with E-state index in [1.54, 1.807) is 12.1 Å². The third kappa shape index (κ3) is 3.46. The second-order valence-corrected chi connectivity index (χ2v) is 7.72. The number of aromatic amines is 1. The molecule has 0 saturated heterocycles. The second-order valence-electron chi connectivity index (χ2n) is 6.87. The number of hydrogen-bond donors (Lipinski definition) is 2. The number of carbonyl (C=O) groups is 1. The molecular formula is C20H21BrN2O3. The zero-order valence-electron chi connectivity index (χ0n) is 15.0. The fourth-order valence-electron chi connectivity index (χ4n) is 3.16. The van der Waals surface area contributed by atoms with Gasteiger partial charge in [-0.1, -0.05) is 6.58 Å². The first-order valence-corrected chi connectivity index (χ1v) is 9.14. The Labute approximate surface area is 160 Å². The van der Waals surface area contributed by atoms with Gasteiger partial charge < -0.3 is 15.0 Å². The summed E-state index contributed by atoms with van der Waals surface area (Å²) in [5.41, 5.74) is 3.06. The maximum absolute atomic E-state index is 12.6. The Morgan fingerprint density at radius 2 is 2.15 bits per heavy atom. The molecule has 1 aromatic heterocycles. The van der Waals surface area contributed by atoms with Crippen molar-refractivity contribution in [3.8, 4) is 5.75 Å². The van der Waals surface area contributed by atoms with E-state index in [0.717, 1.165) is 27.0 Å². The number of aromatic nitrogens is 1. The minimum absolute atomic E-state index is 0.173. The molecule has 0 fully saturated rings. The predicted octanol–water partition coefficient (Wildman–Crippen LogP) is 3.56. The van der Waals surface area contributed by atoms with Gasteiger partial charge >= 0.3 is 0 Å². The largest absolute Gasteiger partial charge is 0.482 e. The number of H-pyrrole nitrogens is 1. The highest BCUT2D eigenvalue weighted by atomic mass is 79.9. The van der Waals surface area contributed by atoms with E-state index in [1.165, 1.54) is 0 Å². The van der Waals surface area contributed by atoms with Crippen molar-refractivity contribution in [2.45, 2.75) is 39.3 Å². The lowest BCUT2D eigenvalue weighted by Crippen LogP contribution is -2.28. The number of fused-ring (bicyclic) bond motifs is 1. The summed E-state index contributed by atoms with van der Waals surface area (Å²) >= 11 is 3.48. The van der Waals surface area contributed by atoms with E-state index in [4.69, 9.17) is 4.74 Å². The Kier molecular flexibility index (Phi) is 4.80. The lowest BCUT2D eigenvalue weighted by Gasteiger charge is -2.18. The smallest absolute Gasteiger partial charge is 0.253 e. The lowest BCUT2D eigenvalue weighted by atomic mass is 9.98. The van der Waals surface area contributed by atoms with Crippen molar-refractivity contribution in [3.05, 3.63) is 73.6 Å². The zero-order chi connectivity index (χ0) is 19.1. The van der Waals surface area contributed by atoms with Crippen LogP contribution in [-0.4, -0.2) is 16.5 Å². The molecule has 1 amide bonds. The van der Waals surface area contributed by atoms with Crippen LogP contribution in [0.5, 0.6) is 5.75 Å². The molecule has 2 aromatic rings. The standard InChI is InChI=1S/C20H21BrN2O3/c1-5-20(4)9-14-7-13(8-16(21)17(14)26-20)18(24)22-10-15-11(2)6-12(3)23-19(15)25/h5-8H,1,9-10H2,2-4H3,(H,22,24)(H,23,25). The van der Waals surface area contributed by atoms with Gasteiger partial charge in [-0.05, 0) is 66.5 Å². The van der Waals surface area contributed by atoms with Crippen LogP contribution in [0.3, 0.4) is 0 Å². The minimum atomic E-state index is -0.466. The summed E-state index contributed by atoms with van der Waals surface area (Å²) in [7, 11) is 0. The van der Waals surface area contributed by atoms with Crippen molar-refractivity contribution in [3.63, 3.8) is 0 Å². The number of benzene rings is 1. The third-order valence-corrected chi connectivity index (χ3v) is 5.20. The molecule has 26 heavy (non-hydrogen) atoms. The third-order valence-electron chi connectivity index (χ3n) is 4.61. The van der Waals surface area contributed by atoms with Crippen molar-refractivity contribution < 1.29 is 9.53 Å². The number of rotatable bonds is 4. The molecule has 2 heterocycles. The van der Waals surface area contributed by atoms with Gasteiger partial charge in [0, 0.05) is 35.3 Å². The lowest BCUT2D eigenvalue weighted by molar-refractivity contribution is 0.0950. The van der Waals surface area contributed by atoms with Crippen LogP contribution in [0.15, 0.2) is 40.1 Å². The first kappa shape index (κ1) is 18.5. The van der Waals surface area contributed by atoms with E-state index in [-0.39, 0.29) is 18.0 Å². The van der Waals surface area contributed by atoms with E-state index in [1.807, 2.05) is 32.9 Å². The number of hydrogen-bond acceptors (Lipinski definition) is 3. The van der Waals surface area contributed by atoms with Gasteiger partial charge in [-0.3, -0.25) is 9.59 Å². The summed E-state index contributed by atoms with van der Waals surface area (Å²) in [6.07, 6.45) is 2.42. The molecule has 136 valence electrons. The summed E-state index contributed by atoms with van der Waals surface area (Å²) in [5, 5.41) is 2.83. The molecule has 6 heteroatoms. The zero-order valence-corrected chi connectivity index (χ0v) is 16.6. The number of pyridine rings is 1. The van der Waals surface area contributed by atoms with Gasteiger partial charge in [0.1, 0.15) is 11.4 Å². The van der Waals surface area contributed by atoms with E-state index in [2.05, 4.69) is 32.8 Å². The van der Waals surface area contributed by atoms with Crippen molar-refractivity contribution in [1.82, 2.24) is 10.3 Å². The summed E-state index contributed by atoms with van der Waals surface area (Å²) in [6.45, 7) is 9.65. The molecule has 0 spiro atoms. The fourth-order valence-corrected chi connectivity index (χ4v) is 3.74. The molecule has 2 N–H and O–H groups in total. The molecule has 1 atom stereocenters. The van der Waals surface area contributed by atoms with Crippen LogP contribution in [-0.2, 0) is 13.0 Å². The van der Waals surface area contributed by atoms with Crippen molar-refractivity contribution in [1.29, 1.82) is 0 Å². The monoisotopic (exact) mass is 416 g/mol. The normalized spacial score (nSPS) is 18.2. The van der Waals surface area contributed by atoms with Crippen molar-refractivity contribution in [2.24, 2.45) is 0 Å². The highest BCUT2D eigenvalue weighted by molar-refractivity contribution is 9.10. The van der Waals surface area contributed by atoms with E-state index in [0.29, 0.717) is 17.5 Å². The highest BCUT2D eigenvalue weighted by Crippen LogP contribution is 2.41. The Morgan fingerprint density at radius 3 is 2.81 bits per heavy atom. The topological polar surface area (TPSA) is 71.2 Å². The van der Waals surface area contributed by atoms with Crippen LogP contribution in [0.1, 0.15) is 39.7 Å². The molecule has 5 nitrogen and oxygen atoms in total. The van der Waals surface area contributed by atoms with Crippen LogP contribution >= 0.6 is 15.9 Å². The van der Waals surface area contributed by atoms with Gasteiger partial charge in [0.25, 0.3) is 11.5 Å². The Balaban J connectivity index is 1.80.